The Bertz CT molecular complexity index is 627. The van der Waals surface area contributed by atoms with Gasteiger partial charge in [-0.2, -0.15) is 0 Å². The van der Waals surface area contributed by atoms with E-state index in [9.17, 15) is 4.79 Å². The second-order valence-corrected chi connectivity index (χ2v) is 6.27. The lowest BCUT2D eigenvalue weighted by molar-refractivity contribution is -0.120. The van der Waals surface area contributed by atoms with Crippen LogP contribution >= 0.6 is 22.6 Å². The molecule has 2 rings (SSSR count). The molecule has 0 aliphatic rings. The molecule has 0 aliphatic heterocycles. The van der Waals surface area contributed by atoms with Crippen molar-refractivity contribution in [3.05, 3.63) is 45.4 Å². The van der Waals surface area contributed by atoms with Gasteiger partial charge >= 0.3 is 0 Å². The summed E-state index contributed by atoms with van der Waals surface area (Å²) >= 11 is 2.22. The number of hydrogen-bond donors (Lipinski definition) is 1. The summed E-state index contributed by atoms with van der Waals surface area (Å²) in [6.07, 6.45) is 0. The number of carbonyl (C=O) groups is 1. The van der Waals surface area contributed by atoms with Crippen LogP contribution in [0.4, 0.5) is 5.69 Å². The molecule has 1 heterocycles. The maximum Gasteiger partial charge on any atom is 0.241 e. The van der Waals surface area contributed by atoms with Crippen molar-refractivity contribution >= 4 is 34.2 Å². The SMILES string of the molecule is Cc1cc(CN(C)C(C)C(=O)Nc2cccc(I)c2)no1. The maximum atomic E-state index is 12.3. The predicted molar refractivity (Wildman–Crippen MR) is 90.0 cm³/mol. The molecule has 1 atom stereocenters. The molecule has 0 fully saturated rings. The summed E-state index contributed by atoms with van der Waals surface area (Å²) in [6.45, 7) is 4.29. The number of rotatable bonds is 5. The van der Waals surface area contributed by atoms with E-state index in [1.54, 1.807) is 0 Å². The summed E-state index contributed by atoms with van der Waals surface area (Å²) in [4.78, 5) is 14.2. The van der Waals surface area contributed by atoms with Gasteiger partial charge in [-0.3, -0.25) is 9.69 Å². The van der Waals surface area contributed by atoms with Gasteiger partial charge in [-0.25, -0.2) is 0 Å². The number of carbonyl (C=O) groups excluding carboxylic acids is 1. The van der Waals surface area contributed by atoms with Gasteiger partial charge in [0.1, 0.15) is 5.76 Å². The zero-order valence-electron chi connectivity index (χ0n) is 12.3. The highest BCUT2D eigenvalue weighted by Crippen LogP contribution is 2.14. The minimum Gasteiger partial charge on any atom is -0.361 e. The van der Waals surface area contributed by atoms with Crippen LogP contribution in [0.15, 0.2) is 34.9 Å². The maximum absolute atomic E-state index is 12.3. The van der Waals surface area contributed by atoms with Gasteiger partial charge in [0, 0.05) is 21.9 Å². The number of anilines is 1. The lowest BCUT2D eigenvalue weighted by atomic mass is 10.2. The first kappa shape index (κ1) is 16.0. The van der Waals surface area contributed by atoms with Crippen molar-refractivity contribution in [2.45, 2.75) is 26.4 Å². The van der Waals surface area contributed by atoms with Crippen LogP contribution in [0.2, 0.25) is 0 Å². The Morgan fingerprint density at radius 1 is 1.48 bits per heavy atom. The Morgan fingerprint density at radius 2 is 2.24 bits per heavy atom. The average molecular weight is 399 g/mol. The first-order valence-electron chi connectivity index (χ1n) is 6.64. The van der Waals surface area contributed by atoms with Gasteiger partial charge in [-0.15, -0.1) is 0 Å². The molecule has 6 heteroatoms. The highest BCUT2D eigenvalue weighted by molar-refractivity contribution is 14.1. The molecule has 0 saturated carbocycles. The Balaban J connectivity index is 1.95. The number of benzene rings is 1. The van der Waals surface area contributed by atoms with Gasteiger partial charge in [0.2, 0.25) is 5.91 Å². The van der Waals surface area contributed by atoms with E-state index in [4.69, 9.17) is 4.52 Å². The fraction of sp³-hybridized carbons (Fsp3) is 0.333. The van der Waals surface area contributed by atoms with Gasteiger partial charge in [0.15, 0.2) is 0 Å². The third kappa shape index (κ3) is 4.53. The summed E-state index contributed by atoms with van der Waals surface area (Å²) in [5.41, 5.74) is 1.63. The molecule has 0 radical (unpaired) electrons. The first-order valence-corrected chi connectivity index (χ1v) is 7.72. The minimum absolute atomic E-state index is 0.0419. The monoisotopic (exact) mass is 399 g/mol. The molecular formula is C15H18IN3O2. The van der Waals surface area contributed by atoms with Crippen molar-refractivity contribution < 1.29 is 9.32 Å². The topological polar surface area (TPSA) is 58.4 Å². The van der Waals surface area contributed by atoms with Crippen molar-refractivity contribution in [2.24, 2.45) is 0 Å². The molecule has 21 heavy (non-hydrogen) atoms. The molecule has 1 N–H and O–H groups in total. The molecule has 0 spiro atoms. The molecular weight excluding hydrogens is 381 g/mol. The minimum atomic E-state index is -0.264. The van der Waals surface area contributed by atoms with Crippen molar-refractivity contribution in [2.75, 3.05) is 12.4 Å². The standard InChI is InChI=1S/C15H18IN3O2/c1-10-7-14(18-21-10)9-19(3)11(2)15(20)17-13-6-4-5-12(16)8-13/h4-8,11H,9H2,1-3H3,(H,17,20). The Hall–Kier alpha value is -1.41. The van der Waals surface area contributed by atoms with E-state index in [-0.39, 0.29) is 11.9 Å². The zero-order chi connectivity index (χ0) is 15.4. The van der Waals surface area contributed by atoms with Gasteiger partial charge in [-0.05, 0) is 61.7 Å². The van der Waals surface area contributed by atoms with Crippen LogP contribution in [0.1, 0.15) is 18.4 Å². The number of hydrogen-bond acceptors (Lipinski definition) is 4. The van der Waals surface area contributed by atoms with E-state index in [2.05, 4.69) is 33.1 Å². The largest absolute Gasteiger partial charge is 0.361 e. The first-order chi connectivity index (χ1) is 9.95. The molecule has 1 amide bonds. The van der Waals surface area contributed by atoms with Crippen LogP contribution in [-0.2, 0) is 11.3 Å². The Kier molecular flexibility index (Phi) is 5.35. The zero-order valence-corrected chi connectivity index (χ0v) is 14.4. The number of nitrogens with one attached hydrogen (secondary N) is 1. The fourth-order valence-corrected chi connectivity index (χ4v) is 2.44. The number of halogens is 1. The summed E-state index contributed by atoms with van der Waals surface area (Å²) in [7, 11) is 1.89. The van der Waals surface area contributed by atoms with Crippen molar-refractivity contribution in [1.82, 2.24) is 10.1 Å². The molecule has 1 aromatic carbocycles. The van der Waals surface area contributed by atoms with Crippen molar-refractivity contribution in [3.8, 4) is 0 Å². The summed E-state index contributed by atoms with van der Waals surface area (Å²) in [5, 5.41) is 6.87. The van der Waals surface area contributed by atoms with Crippen LogP contribution in [0.3, 0.4) is 0 Å². The molecule has 1 aromatic heterocycles. The highest BCUT2D eigenvalue weighted by atomic mass is 127. The molecule has 1 unspecified atom stereocenters. The molecule has 0 aliphatic carbocycles. The number of amides is 1. The fourth-order valence-electron chi connectivity index (χ4n) is 1.90. The lowest BCUT2D eigenvalue weighted by Gasteiger charge is -2.22. The average Bonchev–Trinajstić information content (AvgIpc) is 2.83. The molecule has 0 bridgehead atoms. The number of nitrogens with zero attached hydrogens (tertiary/aromatic N) is 2. The van der Waals surface area contributed by atoms with Gasteiger partial charge in [-0.1, -0.05) is 11.2 Å². The van der Waals surface area contributed by atoms with Crippen LogP contribution in [0.5, 0.6) is 0 Å². The number of aryl methyl sites for hydroxylation is 1. The second-order valence-electron chi connectivity index (χ2n) is 5.02. The van der Waals surface area contributed by atoms with Gasteiger partial charge < -0.3 is 9.84 Å². The van der Waals surface area contributed by atoms with Crippen molar-refractivity contribution in [3.63, 3.8) is 0 Å². The molecule has 5 nitrogen and oxygen atoms in total. The Morgan fingerprint density at radius 3 is 2.86 bits per heavy atom. The molecule has 112 valence electrons. The molecule has 0 saturated heterocycles. The van der Waals surface area contributed by atoms with Crippen LogP contribution in [0, 0.1) is 10.5 Å². The Labute approximate surface area is 137 Å². The predicted octanol–water partition coefficient (Wildman–Crippen LogP) is 3.05. The van der Waals surface area contributed by atoms with Gasteiger partial charge in [0.25, 0.3) is 0 Å². The van der Waals surface area contributed by atoms with E-state index in [1.807, 2.05) is 56.1 Å². The lowest BCUT2D eigenvalue weighted by Crippen LogP contribution is -2.39. The second kappa shape index (κ2) is 7.04. The quantitative estimate of drug-likeness (QED) is 0.786. The van der Waals surface area contributed by atoms with Crippen LogP contribution < -0.4 is 5.32 Å². The highest BCUT2D eigenvalue weighted by Gasteiger charge is 2.19. The van der Waals surface area contributed by atoms with E-state index in [1.165, 1.54) is 0 Å². The van der Waals surface area contributed by atoms with Gasteiger partial charge in [0.05, 0.1) is 11.7 Å². The number of aromatic nitrogens is 1. The third-order valence-corrected chi connectivity index (χ3v) is 3.89. The smallest absolute Gasteiger partial charge is 0.241 e. The van der Waals surface area contributed by atoms with E-state index < -0.39 is 0 Å². The van der Waals surface area contributed by atoms with Crippen LogP contribution in [-0.4, -0.2) is 29.1 Å². The third-order valence-electron chi connectivity index (χ3n) is 3.22. The summed E-state index contributed by atoms with van der Waals surface area (Å²) < 4.78 is 6.12. The normalized spacial score (nSPS) is 12.4. The summed E-state index contributed by atoms with van der Waals surface area (Å²) in [5.74, 6) is 0.731. The van der Waals surface area contributed by atoms with E-state index in [0.29, 0.717) is 6.54 Å². The number of likely N-dealkylation sites (N-methyl/N-ethyl adjacent to an activating group) is 1. The van der Waals surface area contributed by atoms with E-state index in [0.717, 1.165) is 20.7 Å². The van der Waals surface area contributed by atoms with Crippen LogP contribution in [0.25, 0.3) is 0 Å². The van der Waals surface area contributed by atoms with E-state index >= 15 is 0 Å². The van der Waals surface area contributed by atoms with Crippen molar-refractivity contribution in [1.29, 1.82) is 0 Å². The molecule has 2 aromatic rings. The summed E-state index contributed by atoms with van der Waals surface area (Å²) in [6, 6.07) is 9.34.